The number of hydrogen-bond acceptors (Lipinski definition) is 5. The number of amides is 1. The maximum atomic E-state index is 13.9. The van der Waals surface area contributed by atoms with Crippen molar-refractivity contribution in [3.8, 4) is 0 Å². The van der Waals surface area contributed by atoms with Crippen LogP contribution in [0.5, 0.6) is 0 Å². The molecule has 0 spiro atoms. The number of nitrogens with one attached hydrogen (secondary N) is 2. The third kappa shape index (κ3) is 5.07. The number of fused-ring (bicyclic) bond motifs is 1. The lowest BCUT2D eigenvalue weighted by atomic mass is 9.73. The first-order valence-corrected chi connectivity index (χ1v) is 13.1. The number of Topliss-reactive ketones (excluding diaryl/α,β-unsaturated/α-hetero) is 1. The van der Waals surface area contributed by atoms with E-state index in [-0.39, 0.29) is 29.5 Å². The number of para-hydroxylation sites is 2. The van der Waals surface area contributed by atoms with E-state index in [2.05, 4.69) is 30.5 Å². The lowest BCUT2D eigenvalue weighted by Gasteiger charge is -2.37. The number of ketones is 1. The Morgan fingerprint density at radius 2 is 1.89 bits per heavy atom. The second-order valence-corrected chi connectivity index (χ2v) is 11.3. The van der Waals surface area contributed by atoms with Crippen molar-refractivity contribution in [3.63, 3.8) is 0 Å². The fraction of sp³-hybridized carbons (Fsp3) is 0.310. The summed E-state index contributed by atoms with van der Waals surface area (Å²) < 4.78 is 13.9. The molecule has 3 aromatic rings. The molecule has 0 saturated heterocycles. The van der Waals surface area contributed by atoms with Crippen LogP contribution >= 0.6 is 11.3 Å². The highest BCUT2D eigenvalue weighted by Gasteiger charge is 2.41. The number of hydrogen-bond donors (Lipinski definition) is 2. The molecule has 0 radical (unpaired) electrons. The summed E-state index contributed by atoms with van der Waals surface area (Å²) in [5.74, 6) is -0.408. The highest BCUT2D eigenvalue weighted by atomic mass is 32.1. The molecule has 2 aromatic carbocycles. The number of carbonyl (C=O) groups is 2. The molecule has 0 fully saturated rings. The predicted molar refractivity (Wildman–Crippen MR) is 143 cm³/mol. The number of rotatable bonds is 6. The molecule has 1 unspecified atom stereocenters. The minimum atomic E-state index is -0.511. The molecule has 0 saturated carbocycles. The van der Waals surface area contributed by atoms with Crippen LogP contribution in [-0.2, 0) is 16.0 Å². The van der Waals surface area contributed by atoms with Gasteiger partial charge in [0, 0.05) is 29.1 Å². The van der Waals surface area contributed by atoms with Crippen LogP contribution in [0.2, 0.25) is 0 Å². The summed E-state index contributed by atoms with van der Waals surface area (Å²) in [4.78, 5) is 30.0. The Morgan fingerprint density at radius 1 is 1.11 bits per heavy atom. The van der Waals surface area contributed by atoms with E-state index in [1.165, 1.54) is 17.0 Å². The SMILES string of the molecule is CC1(C)CC(=O)C2=C(C1)Nc1ccccc1N(CC(=O)NCCc1cccs1)C2c1ccc(F)cc1. The molecule has 186 valence electrons. The Hall–Kier alpha value is -3.45. The van der Waals surface area contributed by atoms with Gasteiger partial charge in [0.1, 0.15) is 5.82 Å². The lowest BCUT2D eigenvalue weighted by molar-refractivity contribution is -0.120. The van der Waals surface area contributed by atoms with Gasteiger partial charge in [0.05, 0.1) is 24.0 Å². The lowest BCUT2D eigenvalue weighted by Crippen LogP contribution is -2.42. The summed E-state index contributed by atoms with van der Waals surface area (Å²) in [5.41, 5.74) is 3.82. The number of carbonyl (C=O) groups excluding carboxylic acids is 2. The summed E-state index contributed by atoms with van der Waals surface area (Å²) in [6.07, 6.45) is 1.90. The molecule has 5 nitrogen and oxygen atoms in total. The highest BCUT2D eigenvalue weighted by molar-refractivity contribution is 7.09. The Kier molecular flexibility index (Phi) is 6.67. The summed E-state index contributed by atoms with van der Waals surface area (Å²) >= 11 is 1.67. The van der Waals surface area contributed by atoms with Crippen LogP contribution in [0.4, 0.5) is 15.8 Å². The van der Waals surface area contributed by atoms with Gasteiger partial charge in [0.25, 0.3) is 0 Å². The predicted octanol–water partition coefficient (Wildman–Crippen LogP) is 5.86. The molecule has 1 aliphatic heterocycles. The van der Waals surface area contributed by atoms with Crippen LogP contribution in [-0.4, -0.2) is 24.8 Å². The quantitative estimate of drug-likeness (QED) is 0.442. The Morgan fingerprint density at radius 3 is 2.64 bits per heavy atom. The molecule has 2 aliphatic rings. The fourth-order valence-corrected chi connectivity index (χ4v) is 5.92. The zero-order valence-electron chi connectivity index (χ0n) is 20.5. The van der Waals surface area contributed by atoms with Gasteiger partial charge in [-0.1, -0.05) is 44.2 Å². The fourth-order valence-electron chi connectivity index (χ4n) is 5.21. The van der Waals surface area contributed by atoms with E-state index in [1.54, 1.807) is 23.5 Å². The number of nitrogens with zero attached hydrogens (tertiary/aromatic N) is 1. The van der Waals surface area contributed by atoms with Crippen molar-refractivity contribution in [1.29, 1.82) is 0 Å². The minimum absolute atomic E-state index is 0.0546. The van der Waals surface area contributed by atoms with Crippen molar-refractivity contribution >= 4 is 34.4 Å². The van der Waals surface area contributed by atoms with Crippen molar-refractivity contribution in [1.82, 2.24) is 5.32 Å². The van der Waals surface area contributed by atoms with Gasteiger partial charge in [-0.05, 0) is 59.5 Å². The molecular weight excluding hydrogens is 473 g/mol. The van der Waals surface area contributed by atoms with Gasteiger partial charge in [-0.25, -0.2) is 4.39 Å². The molecule has 1 amide bonds. The summed E-state index contributed by atoms with van der Waals surface area (Å²) in [7, 11) is 0. The smallest absolute Gasteiger partial charge is 0.239 e. The summed E-state index contributed by atoms with van der Waals surface area (Å²) in [6, 6.07) is 17.6. The van der Waals surface area contributed by atoms with E-state index in [9.17, 15) is 14.0 Å². The maximum Gasteiger partial charge on any atom is 0.239 e. The van der Waals surface area contributed by atoms with Crippen LogP contribution in [0.3, 0.4) is 0 Å². The first-order chi connectivity index (χ1) is 17.3. The molecule has 5 rings (SSSR count). The van der Waals surface area contributed by atoms with Crippen LogP contribution in [0, 0.1) is 11.2 Å². The third-order valence-corrected chi connectivity index (χ3v) is 7.71. The number of benzene rings is 2. The molecular formula is C29H30FN3O2S. The van der Waals surface area contributed by atoms with Gasteiger partial charge in [-0.15, -0.1) is 11.3 Å². The average molecular weight is 504 g/mol. The molecule has 1 aliphatic carbocycles. The van der Waals surface area contributed by atoms with Crippen LogP contribution in [0.15, 0.2) is 77.3 Å². The molecule has 1 atom stereocenters. The van der Waals surface area contributed by atoms with E-state index in [0.29, 0.717) is 25.0 Å². The standard InChI is InChI=1S/C29H30FN3O2S/c1-29(2)16-23-27(25(34)17-29)28(19-9-11-20(30)12-10-19)33(24-8-4-3-7-22(24)32-23)18-26(35)31-14-13-21-6-5-15-36-21/h3-12,15,28,32H,13-14,16-18H2,1-2H3,(H,31,35). The van der Waals surface area contributed by atoms with Crippen molar-refractivity contribution in [2.45, 2.75) is 39.2 Å². The Labute approximate surface area is 215 Å². The van der Waals surface area contributed by atoms with Crippen LogP contribution in [0.1, 0.15) is 43.2 Å². The third-order valence-electron chi connectivity index (χ3n) is 6.78. The van der Waals surface area contributed by atoms with Gasteiger partial charge in [0.15, 0.2) is 5.78 Å². The van der Waals surface area contributed by atoms with E-state index in [0.717, 1.165) is 29.1 Å². The normalized spacial score (nSPS) is 18.7. The van der Waals surface area contributed by atoms with E-state index < -0.39 is 6.04 Å². The van der Waals surface area contributed by atoms with Crippen molar-refractivity contribution in [2.24, 2.45) is 5.41 Å². The minimum Gasteiger partial charge on any atom is -0.357 e. The number of allylic oxidation sites excluding steroid dienone is 1. The number of thiophene rings is 1. The largest absolute Gasteiger partial charge is 0.357 e. The van der Waals surface area contributed by atoms with Gasteiger partial charge in [-0.3, -0.25) is 9.59 Å². The maximum absolute atomic E-state index is 13.9. The zero-order valence-corrected chi connectivity index (χ0v) is 21.3. The Balaban J connectivity index is 1.54. The molecule has 1 aromatic heterocycles. The van der Waals surface area contributed by atoms with Gasteiger partial charge >= 0.3 is 0 Å². The van der Waals surface area contributed by atoms with Crippen molar-refractivity contribution < 1.29 is 14.0 Å². The molecule has 2 heterocycles. The van der Waals surface area contributed by atoms with Crippen LogP contribution in [0.25, 0.3) is 0 Å². The molecule has 7 heteroatoms. The van der Waals surface area contributed by atoms with Crippen LogP contribution < -0.4 is 15.5 Å². The van der Waals surface area contributed by atoms with Gasteiger partial charge in [-0.2, -0.15) is 0 Å². The van der Waals surface area contributed by atoms with E-state index >= 15 is 0 Å². The molecule has 36 heavy (non-hydrogen) atoms. The van der Waals surface area contributed by atoms with E-state index in [4.69, 9.17) is 0 Å². The summed E-state index contributed by atoms with van der Waals surface area (Å²) in [6.45, 7) is 4.80. The molecule has 2 N–H and O–H groups in total. The number of halogens is 1. The first kappa shape index (κ1) is 24.3. The zero-order chi connectivity index (χ0) is 25.3. The van der Waals surface area contributed by atoms with Crippen molar-refractivity contribution in [3.05, 3.63) is 93.6 Å². The topological polar surface area (TPSA) is 61.4 Å². The first-order valence-electron chi connectivity index (χ1n) is 12.2. The summed E-state index contributed by atoms with van der Waals surface area (Å²) in [5, 5.41) is 8.60. The monoisotopic (exact) mass is 503 g/mol. The highest BCUT2D eigenvalue weighted by Crippen LogP contribution is 2.48. The molecule has 0 bridgehead atoms. The van der Waals surface area contributed by atoms with Gasteiger partial charge in [0.2, 0.25) is 5.91 Å². The van der Waals surface area contributed by atoms with Gasteiger partial charge < -0.3 is 15.5 Å². The average Bonchev–Trinajstić information content (AvgIpc) is 3.30. The van der Waals surface area contributed by atoms with Crippen molar-refractivity contribution in [2.75, 3.05) is 23.3 Å². The number of anilines is 2. The second-order valence-electron chi connectivity index (χ2n) is 10.2. The second kappa shape index (κ2) is 9.90. The Bertz CT molecular complexity index is 1300. The van der Waals surface area contributed by atoms with E-state index in [1.807, 2.05) is 40.6 Å².